The Morgan fingerprint density at radius 2 is 2.00 bits per heavy atom. The highest BCUT2D eigenvalue weighted by Gasteiger charge is 2.29. The molecule has 0 aromatic rings. The first-order chi connectivity index (χ1) is 7.83. The van der Waals surface area contributed by atoms with Crippen molar-refractivity contribution in [1.29, 1.82) is 0 Å². The van der Waals surface area contributed by atoms with E-state index in [4.69, 9.17) is 10.5 Å². The summed E-state index contributed by atoms with van der Waals surface area (Å²) in [6.07, 6.45) is -0.312. The summed E-state index contributed by atoms with van der Waals surface area (Å²) in [6.45, 7) is 6.74. The SMILES string of the molecule is CC(C)(C)OC(=O)N1CCC(F)C(CN)CC1. The Morgan fingerprint density at radius 1 is 1.41 bits per heavy atom. The molecule has 0 aromatic carbocycles. The fourth-order valence-electron chi connectivity index (χ4n) is 1.90. The van der Waals surface area contributed by atoms with Gasteiger partial charge in [0, 0.05) is 19.0 Å². The first-order valence-electron chi connectivity index (χ1n) is 6.15. The van der Waals surface area contributed by atoms with Crippen molar-refractivity contribution in [3.8, 4) is 0 Å². The van der Waals surface area contributed by atoms with Crippen LogP contribution in [0.5, 0.6) is 0 Å². The fourth-order valence-corrected chi connectivity index (χ4v) is 1.90. The van der Waals surface area contributed by atoms with Crippen LogP contribution in [0.15, 0.2) is 0 Å². The van der Waals surface area contributed by atoms with Crippen LogP contribution in [-0.2, 0) is 4.74 Å². The number of amides is 1. The second-order valence-electron chi connectivity index (χ2n) is 5.56. The summed E-state index contributed by atoms with van der Waals surface area (Å²) in [6, 6.07) is 0. The molecule has 0 aromatic heterocycles. The third-order valence-corrected chi connectivity index (χ3v) is 2.91. The van der Waals surface area contributed by atoms with Crippen LogP contribution < -0.4 is 5.73 Å². The Balaban J connectivity index is 2.53. The van der Waals surface area contributed by atoms with Gasteiger partial charge in [0.1, 0.15) is 11.8 Å². The molecule has 0 radical (unpaired) electrons. The van der Waals surface area contributed by atoms with Crippen LogP contribution in [0.1, 0.15) is 33.6 Å². The van der Waals surface area contributed by atoms with Crippen LogP contribution in [0, 0.1) is 5.92 Å². The maximum atomic E-state index is 13.6. The van der Waals surface area contributed by atoms with Gasteiger partial charge in [-0.2, -0.15) is 0 Å². The number of likely N-dealkylation sites (tertiary alicyclic amines) is 1. The molecule has 2 atom stereocenters. The van der Waals surface area contributed by atoms with E-state index in [1.165, 1.54) is 0 Å². The highest BCUT2D eigenvalue weighted by atomic mass is 19.1. The van der Waals surface area contributed by atoms with Crippen LogP contribution in [-0.4, -0.2) is 42.4 Å². The minimum absolute atomic E-state index is 0.137. The molecule has 1 rings (SSSR count). The zero-order valence-corrected chi connectivity index (χ0v) is 10.9. The number of nitrogens with zero attached hydrogens (tertiary/aromatic N) is 1. The van der Waals surface area contributed by atoms with Gasteiger partial charge in [-0.25, -0.2) is 9.18 Å². The highest BCUT2D eigenvalue weighted by molar-refractivity contribution is 5.68. The van der Waals surface area contributed by atoms with Crippen LogP contribution in [0.4, 0.5) is 9.18 Å². The van der Waals surface area contributed by atoms with Gasteiger partial charge in [-0.1, -0.05) is 0 Å². The molecule has 1 aliphatic heterocycles. The van der Waals surface area contributed by atoms with Gasteiger partial charge in [0.05, 0.1) is 0 Å². The summed E-state index contributed by atoms with van der Waals surface area (Å²) >= 11 is 0. The molecular weight excluding hydrogens is 223 g/mol. The number of hydrogen-bond donors (Lipinski definition) is 1. The van der Waals surface area contributed by atoms with Gasteiger partial charge in [0.2, 0.25) is 0 Å². The Kier molecular flexibility index (Phi) is 4.74. The molecule has 2 N–H and O–H groups in total. The molecule has 4 nitrogen and oxygen atoms in total. The van der Waals surface area contributed by atoms with Gasteiger partial charge >= 0.3 is 6.09 Å². The number of carbonyl (C=O) groups is 1. The number of nitrogens with two attached hydrogens (primary N) is 1. The average Bonchev–Trinajstić information content (AvgIpc) is 2.37. The zero-order valence-electron chi connectivity index (χ0n) is 10.9. The van der Waals surface area contributed by atoms with E-state index in [9.17, 15) is 9.18 Å². The molecular formula is C12H23FN2O2. The number of alkyl halides is 1. The predicted octanol–water partition coefficient (Wildman–Crippen LogP) is 1.93. The lowest BCUT2D eigenvalue weighted by atomic mass is 9.99. The van der Waals surface area contributed by atoms with Gasteiger partial charge < -0.3 is 15.4 Å². The van der Waals surface area contributed by atoms with Crippen molar-refractivity contribution in [2.45, 2.75) is 45.4 Å². The van der Waals surface area contributed by atoms with Crippen molar-refractivity contribution in [3.63, 3.8) is 0 Å². The van der Waals surface area contributed by atoms with Crippen LogP contribution in [0.25, 0.3) is 0 Å². The first-order valence-corrected chi connectivity index (χ1v) is 6.15. The predicted molar refractivity (Wildman–Crippen MR) is 64.5 cm³/mol. The average molecular weight is 246 g/mol. The van der Waals surface area contributed by atoms with E-state index in [0.717, 1.165) is 0 Å². The van der Waals surface area contributed by atoms with E-state index in [0.29, 0.717) is 32.5 Å². The Hall–Kier alpha value is -0.840. The quantitative estimate of drug-likeness (QED) is 0.769. The Labute approximate surface area is 102 Å². The minimum atomic E-state index is -0.910. The second kappa shape index (κ2) is 5.67. The van der Waals surface area contributed by atoms with Crippen molar-refractivity contribution in [1.82, 2.24) is 4.90 Å². The number of rotatable bonds is 1. The molecule has 5 heteroatoms. The molecule has 1 fully saturated rings. The lowest BCUT2D eigenvalue weighted by Gasteiger charge is -2.26. The zero-order chi connectivity index (χ0) is 13.1. The van der Waals surface area contributed by atoms with Crippen molar-refractivity contribution < 1.29 is 13.9 Å². The number of carbonyl (C=O) groups excluding carboxylic acids is 1. The largest absolute Gasteiger partial charge is 0.444 e. The fraction of sp³-hybridized carbons (Fsp3) is 0.917. The van der Waals surface area contributed by atoms with Crippen molar-refractivity contribution >= 4 is 6.09 Å². The molecule has 1 amide bonds. The van der Waals surface area contributed by atoms with Crippen LogP contribution in [0.2, 0.25) is 0 Å². The first kappa shape index (κ1) is 14.2. The molecule has 1 saturated heterocycles. The molecule has 17 heavy (non-hydrogen) atoms. The maximum Gasteiger partial charge on any atom is 0.410 e. The summed E-state index contributed by atoms with van der Waals surface area (Å²) in [7, 11) is 0. The molecule has 100 valence electrons. The molecule has 0 saturated carbocycles. The molecule has 1 heterocycles. The normalized spacial score (nSPS) is 26.5. The summed E-state index contributed by atoms with van der Waals surface area (Å²) in [4.78, 5) is 13.4. The Morgan fingerprint density at radius 3 is 2.53 bits per heavy atom. The summed E-state index contributed by atoms with van der Waals surface area (Å²) in [5, 5.41) is 0. The molecule has 0 bridgehead atoms. The van der Waals surface area contributed by atoms with E-state index in [2.05, 4.69) is 0 Å². The summed E-state index contributed by atoms with van der Waals surface area (Å²) in [5.74, 6) is -0.137. The van der Waals surface area contributed by atoms with Gasteiger partial charge in [-0.05, 0) is 40.2 Å². The topological polar surface area (TPSA) is 55.6 Å². The van der Waals surface area contributed by atoms with Crippen LogP contribution >= 0.6 is 0 Å². The van der Waals surface area contributed by atoms with Crippen molar-refractivity contribution in [3.05, 3.63) is 0 Å². The maximum absolute atomic E-state index is 13.6. The molecule has 1 aliphatic rings. The van der Waals surface area contributed by atoms with Gasteiger partial charge in [0.25, 0.3) is 0 Å². The van der Waals surface area contributed by atoms with E-state index in [1.54, 1.807) is 4.90 Å². The van der Waals surface area contributed by atoms with Gasteiger partial charge in [-0.15, -0.1) is 0 Å². The molecule has 0 spiro atoms. The van der Waals surface area contributed by atoms with E-state index in [1.807, 2.05) is 20.8 Å². The van der Waals surface area contributed by atoms with E-state index < -0.39 is 11.8 Å². The van der Waals surface area contributed by atoms with Crippen molar-refractivity contribution in [2.75, 3.05) is 19.6 Å². The second-order valence-corrected chi connectivity index (χ2v) is 5.56. The Bertz CT molecular complexity index is 266. The van der Waals surface area contributed by atoms with Gasteiger partial charge in [0.15, 0.2) is 0 Å². The van der Waals surface area contributed by atoms with Crippen LogP contribution in [0.3, 0.4) is 0 Å². The highest BCUT2D eigenvalue weighted by Crippen LogP contribution is 2.21. The summed E-state index contributed by atoms with van der Waals surface area (Å²) < 4.78 is 18.9. The molecule has 2 unspecified atom stereocenters. The lowest BCUT2D eigenvalue weighted by Crippen LogP contribution is -2.37. The monoisotopic (exact) mass is 246 g/mol. The van der Waals surface area contributed by atoms with E-state index in [-0.39, 0.29) is 12.0 Å². The van der Waals surface area contributed by atoms with Gasteiger partial charge in [-0.3, -0.25) is 0 Å². The number of halogens is 1. The molecule has 0 aliphatic carbocycles. The summed E-state index contributed by atoms with van der Waals surface area (Å²) in [5.41, 5.74) is 5.00. The third kappa shape index (κ3) is 4.50. The minimum Gasteiger partial charge on any atom is -0.444 e. The standard InChI is InChI=1S/C12H23FN2O2/c1-12(2,3)17-11(16)15-6-4-9(8-14)10(13)5-7-15/h9-10H,4-8,14H2,1-3H3. The number of ether oxygens (including phenoxy) is 1. The lowest BCUT2D eigenvalue weighted by molar-refractivity contribution is 0.0254. The third-order valence-electron chi connectivity index (χ3n) is 2.91. The van der Waals surface area contributed by atoms with Crippen molar-refractivity contribution in [2.24, 2.45) is 11.7 Å². The smallest absolute Gasteiger partial charge is 0.410 e. The van der Waals surface area contributed by atoms with E-state index >= 15 is 0 Å². The number of hydrogen-bond acceptors (Lipinski definition) is 3.